The van der Waals surface area contributed by atoms with E-state index in [0.717, 1.165) is 18.7 Å². The van der Waals surface area contributed by atoms with E-state index < -0.39 is 0 Å². The van der Waals surface area contributed by atoms with Gasteiger partial charge in [-0.05, 0) is 37.3 Å². The third kappa shape index (κ3) is 2.52. The number of hydrogen-bond acceptors (Lipinski definition) is 3. The number of aromatic nitrogens is 3. The first-order valence-corrected chi connectivity index (χ1v) is 8.12. The molecule has 5 nitrogen and oxygen atoms in total. The predicted octanol–water partition coefficient (Wildman–Crippen LogP) is 2.67. The van der Waals surface area contributed by atoms with Crippen LogP contribution in [0.5, 0.6) is 0 Å². The maximum Gasteiger partial charge on any atom is 0.272 e. The van der Waals surface area contributed by atoms with Gasteiger partial charge in [0.2, 0.25) is 0 Å². The lowest BCUT2D eigenvalue weighted by molar-refractivity contribution is 0.705. The lowest BCUT2D eigenvalue weighted by atomic mass is 10.0. The Bertz CT molecular complexity index is 909. The zero-order valence-corrected chi connectivity index (χ0v) is 13.2. The van der Waals surface area contributed by atoms with Crippen LogP contribution in [0.3, 0.4) is 0 Å². The molecule has 118 valence electrons. The SMILES string of the molecule is Cc1cccc2c1N(Cc1cc(=O)n3[nH]ccc3n1)CCCC2. The fourth-order valence-corrected chi connectivity index (χ4v) is 3.52. The molecule has 1 aromatic carbocycles. The highest BCUT2D eigenvalue weighted by Gasteiger charge is 2.18. The van der Waals surface area contributed by atoms with Crippen LogP contribution in [0.25, 0.3) is 5.65 Å². The van der Waals surface area contributed by atoms with Crippen molar-refractivity contribution in [2.75, 3.05) is 11.4 Å². The molecule has 0 fully saturated rings. The number of para-hydroxylation sites is 1. The second kappa shape index (κ2) is 5.57. The van der Waals surface area contributed by atoms with Gasteiger partial charge in [0.25, 0.3) is 5.56 Å². The van der Waals surface area contributed by atoms with Gasteiger partial charge in [-0.3, -0.25) is 9.89 Å². The standard InChI is InChI=1S/C18H20N4O/c1-13-5-4-7-14-6-2-3-10-21(18(13)14)12-15-11-17(23)22-16(20-15)8-9-19-22/h4-5,7-9,11,19H,2-3,6,10,12H2,1H3. The number of aromatic amines is 1. The number of fused-ring (bicyclic) bond motifs is 2. The summed E-state index contributed by atoms with van der Waals surface area (Å²) in [5.41, 5.74) is 5.46. The van der Waals surface area contributed by atoms with Gasteiger partial charge in [0, 0.05) is 30.6 Å². The summed E-state index contributed by atoms with van der Waals surface area (Å²) in [4.78, 5) is 19.1. The molecule has 23 heavy (non-hydrogen) atoms. The van der Waals surface area contributed by atoms with Gasteiger partial charge < -0.3 is 4.90 Å². The minimum atomic E-state index is -0.0603. The van der Waals surface area contributed by atoms with Crippen molar-refractivity contribution in [2.45, 2.75) is 32.7 Å². The Labute approximate surface area is 134 Å². The number of nitrogens with zero attached hydrogens (tertiary/aromatic N) is 3. The quantitative estimate of drug-likeness (QED) is 0.792. The van der Waals surface area contributed by atoms with Crippen LogP contribution in [0, 0.1) is 6.92 Å². The van der Waals surface area contributed by atoms with Crippen LogP contribution >= 0.6 is 0 Å². The van der Waals surface area contributed by atoms with Crippen molar-refractivity contribution < 1.29 is 0 Å². The monoisotopic (exact) mass is 308 g/mol. The van der Waals surface area contributed by atoms with Gasteiger partial charge >= 0.3 is 0 Å². The van der Waals surface area contributed by atoms with Crippen molar-refractivity contribution >= 4 is 11.3 Å². The molecule has 1 aliphatic heterocycles. The highest BCUT2D eigenvalue weighted by Crippen LogP contribution is 2.30. The summed E-state index contributed by atoms with van der Waals surface area (Å²) in [6.07, 6.45) is 5.23. The first kappa shape index (κ1) is 14.1. The van der Waals surface area contributed by atoms with Gasteiger partial charge in [0.15, 0.2) is 5.65 Å². The lowest BCUT2D eigenvalue weighted by Crippen LogP contribution is -2.26. The van der Waals surface area contributed by atoms with E-state index in [9.17, 15) is 4.79 Å². The minimum Gasteiger partial charge on any atom is -0.365 e. The van der Waals surface area contributed by atoms with Crippen molar-refractivity contribution in [3.63, 3.8) is 0 Å². The largest absolute Gasteiger partial charge is 0.365 e. The smallest absolute Gasteiger partial charge is 0.272 e. The van der Waals surface area contributed by atoms with Gasteiger partial charge in [0.1, 0.15) is 0 Å². The molecular weight excluding hydrogens is 288 g/mol. The third-order valence-corrected chi connectivity index (χ3v) is 4.55. The molecule has 0 bridgehead atoms. The van der Waals surface area contributed by atoms with E-state index in [4.69, 9.17) is 0 Å². The summed E-state index contributed by atoms with van der Waals surface area (Å²) in [6.45, 7) is 3.84. The highest BCUT2D eigenvalue weighted by molar-refractivity contribution is 5.60. The van der Waals surface area contributed by atoms with Gasteiger partial charge in [0.05, 0.1) is 12.2 Å². The predicted molar refractivity (Wildman–Crippen MR) is 91.0 cm³/mol. The Kier molecular flexibility index (Phi) is 3.41. The van der Waals surface area contributed by atoms with Crippen molar-refractivity contribution in [3.05, 3.63) is 63.7 Å². The summed E-state index contributed by atoms with van der Waals surface area (Å²) in [7, 11) is 0. The van der Waals surface area contributed by atoms with Crippen LogP contribution in [0.1, 0.15) is 29.7 Å². The number of H-pyrrole nitrogens is 1. The molecule has 2 aromatic heterocycles. The zero-order valence-electron chi connectivity index (χ0n) is 13.2. The van der Waals surface area contributed by atoms with Gasteiger partial charge in [-0.1, -0.05) is 18.2 Å². The Morgan fingerprint density at radius 3 is 3.09 bits per heavy atom. The average Bonchev–Trinajstić information content (AvgIpc) is 2.90. The second-order valence-electron chi connectivity index (χ2n) is 6.20. The topological polar surface area (TPSA) is 53.4 Å². The maximum absolute atomic E-state index is 12.2. The van der Waals surface area contributed by atoms with E-state index >= 15 is 0 Å². The van der Waals surface area contributed by atoms with E-state index in [0.29, 0.717) is 12.2 Å². The molecule has 4 rings (SSSR count). The van der Waals surface area contributed by atoms with Gasteiger partial charge in [-0.25, -0.2) is 9.50 Å². The molecule has 5 heteroatoms. The Balaban J connectivity index is 1.74. The van der Waals surface area contributed by atoms with E-state index in [-0.39, 0.29) is 5.56 Å². The molecule has 0 unspecified atom stereocenters. The number of benzene rings is 1. The van der Waals surface area contributed by atoms with Crippen molar-refractivity contribution in [3.8, 4) is 0 Å². The molecule has 3 heterocycles. The fourth-order valence-electron chi connectivity index (χ4n) is 3.52. The fraction of sp³-hybridized carbons (Fsp3) is 0.333. The summed E-state index contributed by atoms with van der Waals surface area (Å²) in [5.74, 6) is 0. The molecule has 3 aromatic rings. The molecule has 0 atom stereocenters. The van der Waals surface area contributed by atoms with Crippen LogP contribution < -0.4 is 10.5 Å². The van der Waals surface area contributed by atoms with Crippen LogP contribution in [-0.4, -0.2) is 21.1 Å². The maximum atomic E-state index is 12.2. The summed E-state index contributed by atoms with van der Waals surface area (Å²) >= 11 is 0. The van der Waals surface area contributed by atoms with E-state index in [1.54, 1.807) is 12.3 Å². The van der Waals surface area contributed by atoms with E-state index in [2.05, 4.69) is 40.1 Å². The Morgan fingerprint density at radius 1 is 1.26 bits per heavy atom. The first-order chi connectivity index (χ1) is 11.2. The highest BCUT2D eigenvalue weighted by atomic mass is 16.1. The lowest BCUT2D eigenvalue weighted by Gasteiger charge is -2.26. The molecule has 1 aliphatic rings. The van der Waals surface area contributed by atoms with Crippen molar-refractivity contribution in [1.82, 2.24) is 14.6 Å². The zero-order chi connectivity index (χ0) is 15.8. The van der Waals surface area contributed by atoms with Crippen LogP contribution in [-0.2, 0) is 13.0 Å². The number of rotatable bonds is 2. The summed E-state index contributed by atoms with van der Waals surface area (Å²) in [6, 6.07) is 9.97. The van der Waals surface area contributed by atoms with E-state index in [1.807, 2.05) is 6.07 Å². The molecule has 0 saturated heterocycles. The molecule has 0 aliphatic carbocycles. The number of nitrogens with one attached hydrogen (secondary N) is 1. The Hall–Kier alpha value is -2.56. The average molecular weight is 308 g/mol. The van der Waals surface area contributed by atoms with Crippen LogP contribution in [0.4, 0.5) is 5.69 Å². The normalized spacial score (nSPS) is 14.7. The van der Waals surface area contributed by atoms with E-state index in [1.165, 1.54) is 34.2 Å². The van der Waals surface area contributed by atoms with Gasteiger partial charge in [-0.15, -0.1) is 0 Å². The molecule has 1 N–H and O–H groups in total. The van der Waals surface area contributed by atoms with Gasteiger partial charge in [-0.2, -0.15) is 0 Å². The molecule has 0 saturated carbocycles. The van der Waals surface area contributed by atoms with Crippen molar-refractivity contribution in [2.24, 2.45) is 0 Å². The number of anilines is 1. The molecule has 0 radical (unpaired) electrons. The van der Waals surface area contributed by atoms with Crippen molar-refractivity contribution in [1.29, 1.82) is 0 Å². The Morgan fingerprint density at radius 2 is 2.17 bits per heavy atom. The van der Waals surface area contributed by atoms with Crippen LogP contribution in [0.15, 0.2) is 41.3 Å². The molecular formula is C18H20N4O. The molecule has 0 spiro atoms. The van der Waals surface area contributed by atoms with Crippen LogP contribution in [0.2, 0.25) is 0 Å². The first-order valence-electron chi connectivity index (χ1n) is 8.12. The third-order valence-electron chi connectivity index (χ3n) is 4.55. The summed E-state index contributed by atoms with van der Waals surface area (Å²) < 4.78 is 1.46. The number of hydrogen-bond donors (Lipinski definition) is 1. The summed E-state index contributed by atoms with van der Waals surface area (Å²) in [5, 5.41) is 2.88. The second-order valence-corrected chi connectivity index (χ2v) is 6.20. The minimum absolute atomic E-state index is 0.0603. The molecule has 0 amide bonds. The number of aryl methyl sites for hydroxylation is 2.